The van der Waals surface area contributed by atoms with E-state index < -0.39 is 17.4 Å². The lowest BCUT2D eigenvalue weighted by molar-refractivity contribution is -0.137. The van der Waals surface area contributed by atoms with E-state index >= 15 is 0 Å². The summed E-state index contributed by atoms with van der Waals surface area (Å²) in [4.78, 5) is 0. The molecule has 18 heavy (non-hydrogen) atoms. The summed E-state index contributed by atoms with van der Waals surface area (Å²) in [6.07, 6.45) is -4.05. The minimum absolute atomic E-state index is 0.167. The predicted octanol–water partition coefficient (Wildman–Crippen LogP) is 2.76. The van der Waals surface area contributed by atoms with E-state index in [1.807, 2.05) is 0 Å². The lowest BCUT2D eigenvalue weighted by atomic mass is 10.1. The van der Waals surface area contributed by atoms with E-state index in [0.717, 1.165) is 12.1 Å². The largest absolute Gasteiger partial charge is 0.416 e. The monoisotopic (exact) mass is 257 g/mol. The molecule has 1 atom stereocenters. The van der Waals surface area contributed by atoms with E-state index in [9.17, 15) is 17.6 Å². The van der Waals surface area contributed by atoms with Gasteiger partial charge in [0.15, 0.2) is 5.67 Å². The van der Waals surface area contributed by atoms with Crippen LogP contribution in [0.3, 0.4) is 0 Å². The van der Waals surface area contributed by atoms with E-state index in [1.54, 1.807) is 0 Å². The normalized spacial score (nSPS) is 23.6. The number of hydrogen-bond donors (Lipinski definition) is 1. The molecular weight excluding hydrogens is 246 g/mol. The van der Waals surface area contributed by atoms with Crippen molar-refractivity contribution in [2.45, 2.75) is 18.3 Å². The molecule has 0 radical (unpaired) electrons. The molecule has 0 aliphatic carbocycles. The quantitative estimate of drug-likeness (QED) is 0.556. The average molecular weight is 257 g/mol. The number of halogens is 4. The topological polar surface area (TPSA) is 12.0 Å². The smallest absolute Gasteiger partial charge is 0.312 e. The molecule has 1 aliphatic heterocycles. The van der Waals surface area contributed by atoms with Crippen molar-refractivity contribution >= 4 is 0 Å². The Kier molecular flexibility index (Phi) is 3.31. The molecule has 0 spiro atoms. The van der Waals surface area contributed by atoms with Crippen LogP contribution >= 0.6 is 0 Å². The zero-order valence-electron chi connectivity index (χ0n) is 9.44. The molecule has 0 saturated carbocycles. The van der Waals surface area contributed by atoms with Crippen LogP contribution in [0.5, 0.6) is 0 Å². The molecule has 1 heterocycles. The Bertz CT molecular complexity index is 472. The van der Waals surface area contributed by atoms with Gasteiger partial charge in [0.05, 0.1) is 5.56 Å². The van der Waals surface area contributed by atoms with Crippen molar-refractivity contribution in [2.24, 2.45) is 0 Å². The highest BCUT2D eigenvalue weighted by molar-refractivity contribution is 5.39. The first kappa shape index (κ1) is 12.9. The summed E-state index contributed by atoms with van der Waals surface area (Å²) in [5, 5.41) is 2.85. The minimum Gasteiger partial charge on any atom is -0.312 e. The molecule has 1 aliphatic rings. The Hall–Kier alpha value is -1.54. The van der Waals surface area contributed by atoms with Crippen molar-refractivity contribution in [1.29, 1.82) is 0 Å². The molecule has 96 valence electrons. The van der Waals surface area contributed by atoms with Gasteiger partial charge in [0.25, 0.3) is 0 Å². The minimum atomic E-state index is -4.36. The van der Waals surface area contributed by atoms with E-state index in [4.69, 9.17) is 0 Å². The van der Waals surface area contributed by atoms with Gasteiger partial charge < -0.3 is 5.32 Å². The second-order valence-electron chi connectivity index (χ2n) is 4.22. The van der Waals surface area contributed by atoms with Gasteiger partial charge in [0, 0.05) is 18.5 Å². The van der Waals surface area contributed by atoms with Gasteiger partial charge in [-0.05, 0) is 30.8 Å². The van der Waals surface area contributed by atoms with Crippen molar-refractivity contribution in [3.05, 3.63) is 35.4 Å². The molecule has 1 nitrogen and oxygen atoms in total. The molecule has 1 fully saturated rings. The maximum absolute atomic E-state index is 13.9. The van der Waals surface area contributed by atoms with Crippen LogP contribution in [0, 0.1) is 11.8 Å². The van der Waals surface area contributed by atoms with E-state index in [2.05, 4.69) is 17.2 Å². The standard InChI is InChI=1S/C13H11F4N/c14-12(7-8-18-9-12)6-5-10-1-3-11(4-2-10)13(15,16)17/h1-4,18H,7-9H2. The van der Waals surface area contributed by atoms with Gasteiger partial charge in [-0.3, -0.25) is 0 Å². The third-order valence-corrected chi connectivity index (χ3v) is 2.75. The number of hydrogen-bond acceptors (Lipinski definition) is 1. The Balaban J connectivity index is 2.14. The molecule has 5 heteroatoms. The fourth-order valence-corrected chi connectivity index (χ4v) is 1.69. The van der Waals surface area contributed by atoms with Crippen molar-refractivity contribution in [2.75, 3.05) is 13.1 Å². The highest BCUT2D eigenvalue weighted by Crippen LogP contribution is 2.29. The van der Waals surface area contributed by atoms with Crippen LogP contribution < -0.4 is 5.32 Å². The van der Waals surface area contributed by atoms with Gasteiger partial charge in [0.2, 0.25) is 0 Å². The van der Waals surface area contributed by atoms with Gasteiger partial charge >= 0.3 is 6.18 Å². The van der Waals surface area contributed by atoms with E-state index in [1.165, 1.54) is 12.1 Å². The summed E-state index contributed by atoms with van der Waals surface area (Å²) in [5.41, 5.74) is -1.92. The van der Waals surface area contributed by atoms with Crippen LogP contribution in [0.2, 0.25) is 0 Å². The molecule has 2 rings (SSSR count). The van der Waals surface area contributed by atoms with Crippen LogP contribution in [0.4, 0.5) is 17.6 Å². The van der Waals surface area contributed by atoms with Crippen LogP contribution in [0.25, 0.3) is 0 Å². The lowest BCUT2D eigenvalue weighted by Gasteiger charge is -2.08. The molecular formula is C13H11F4N. The van der Waals surface area contributed by atoms with Crippen LogP contribution in [0.15, 0.2) is 24.3 Å². The highest BCUT2D eigenvalue weighted by Gasteiger charge is 2.31. The first-order chi connectivity index (χ1) is 8.39. The van der Waals surface area contributed by atoms with Crippen LogP contribution in [-0.2, 0) is 6.18 Å². The number of alkyl halides is 4. The first-order valence-electron chi connectivity index (χ1n) is 5.49. The lowest BCUT2D eigenvalue weighted by Crippen LogP contribution is -2.23. The van der Waals surface area contributed by atoms with Crippen molar-refractivity contribution in [3.63, 3.8) is 0 Å². The first-order valence-corrected chi connectivity index (χ1v) is 5.49. The Morgan fingerprint density at radius 2 is 1.83 bits per heavy atom. The van der Waals surface area contributed by atoms with Gasteiger partial charge in [-0.15, -0.1) is 0 Å². The molecule has 0 aromatic heterocycles. The van der Waals surface area contributed by atoms with Crippen LogP contribution in [0.1, 0.15) is 17.5 Å². The molecule has 1 unspecified atom stereocenters. The summed E-state index contributed by atoms with van der Waals surface area (Å²) < 4.78 is 50.8. The second kappa shape index (κ2) is 4.62. The Morgan fingerprint density at radius 1 is 1.17 bits per heavy atom. The third kappa shape index (κ3) is 3.02. The van der Waals surface area contributed by atoms with E-state index in [0.29, 0.717) is 18.5 Å². The van der Waals surface area contributed by atoms with Crippen molar-refractivity contribution in [1.82, 2.24) is 5.32 Å². The maximum atomic E-state index is 13.9. The SMILES string of the molecule is FC1(C#Cc2ccc(C(F)(F)F)cc2)CCNC1. The van der Waals surface area contributed by atoms with Crippen molar-refractivity contribution in [3.8, 4) is 11.8 Å². The number of nitrogens with one attached hydrogen (secondary N) is 1. The number of benzene rings is 1. The average Bonchev–Trinajstić information content (AvgIpc) is 2.74. The number of rotatable bonds is 0. The molecule has 1 aromatic carbocycles. The zero-order chi connectivity index (χ0) is 13.2. The third-order valence-electron chi connectivity index (χ3n) is 2.75. The molecule has 0 amide bonds. The zero-order valence-corrected chi connectivity index (χ0v) is 9.44. The van der Waals surface area contributed by atoms with Crippen molar-refractivity contribution < 1.29 is 17.6 Å². The molecule has 1 N–H and O–H groups in total. The van der Waals surface area contributed by atoms with Crippen LogP contribution in [-0.4, -0.2) is 18.8 Å². The molecule has 1 aromatic rings. The predicted molar refractivity (Wildman–Crippen MR) is 59.6 cm³/mol. The summed E-state index contributed by atoms with van der Waals surface area (Å²) in [6, 6.07) is 4.40. The summed E-state index contributed by atoms with van der Waals surface area (Å²) >= 11 is 0. The Labute approximate surface area is 102 Å². The fraction of sp³-hybridized carbons (Fsp3) is 0.385. The Morgan fingerprint density at radius 3 is 2.33 bits per heavy atom. The summed E-state index contributed by atoms with van der Waals surface area (Å²) in [5.74, 6) is 5.05. The summed E-state index contributed by atoms with van der Waals surface area (Å²) in [6.45, 7) is 0.735. The highest BCUT2D eigenvalue weighted by atomic mass is 19.4. The molecule has 0 bridgehead atoms. The molecule has 1 saturated heterocycles. The second-order valence-corrected chi connectivity index (χ2v) is 4.22. The fourth-order valence-electron chi connectivity index (χ4n) is 1.69. The van der Waals surface area contributed by atoms with Gasteiger partial charge in [-0.2, -0.15) is 13.2 Å². The summed E-state index contributed by atoms with van der Waals surface area (Å²) in [7, 11) is 0. The van der Waals surface area contributed by atoms with Gasteiger partial charge in [-0.25, -0.2) is 4.39 Å². The van der Waals surface area contributed by atoms with Gasteiger partial charge in [0.1, 0.15) is 0 Å². The van der Waals surface area contributed by atoms with Gasteiger partial charge in [-0.1, -0.05) is 11.8 Å². The van der Waals surface area contributed by atoms with E-state index in [-0.39, 0.29) is 6.54 Å². The maximum Gasteiger partial charge on any atom is 0.416 e.